The SMILES string of the molecule is C=CCOc1ccc(C(=O)N2CC(=O)NC(=O)C2C)cc1. The smallest absolute Gasteiger partial charge is 0.254 e. The summed E-state index contributed by atoms with van der Waals surface area (Å²) in [5.74, 6) is -0.684. The van der Waals surface area contributed by atoms with Gasteiger partial charge in [0.2, 0.25) is 11.8 Å². The molecule has 0 radical (unpaired) electrons. The lowest BCUT2D eigenvalue weighted by Crippen LogP contribution is -2.58. The summed E-state index contributed by atoms with van der Waals surface area (Å²) in [4.78, 5) is 36.6. The predicted octanol–water partition coefficient (Wildman–Crippen LogP) is 0.738. The molecule has 1 fully saturated rings. The Kier molecular flexibility index (Phi) is 4.37. The molecule has 1 unspecified atom stereocenters. The second kappa shape index (κ2) is 6.21. The maximum Gasteiger partial charge on any atom is 0.254 e. The molecule has 0 bridgehead atoms. The van der Waals surface area contributed by atoms with Crippen LogP contribution in [0.4, 0.5) is 0 Å². The van der Waals surface area contributed by atoms with Gasteiger partial charge in [-0.3, -0.25) is 19.7 Å². The molecule has 21 heavy (non-hydrogen) atoms. The van der Waals surface area contributed by atoms with E-state index in [2.05, 4.69) is 11.9 Å². The third kappa shape index (κ3) is 3.28. The van der Waals surface area contributed by atoms with Crippen molar-refractivity contribution in [1.29, 1.82) is 0 Å². The van der Waals surface area contributed by atoms with Crippen LogP contribution in [0.25, 0.3) is 0 Å². The number of piperazine rings is 1. The molecular formula is C15H16N2O4. The molecule has 1 aliphatic heterocycles. The normalized spacial score (nSPS) is 18.1. The first kappa shape index (κ1) is 14.8. The van der Waals surface area contributed by atoms with E-state index in [0.717, 1.165) is 0 Å². The molecule has 1 aromatic rings. The summed E-state index contributed by atoms with van der Waals surface area (Å²) in [7, 11) is 0. The third-order valence-electron chi connectivity index (χ3n) is 3.15. The summed E-state index contributed by atoms with van der Waals surface area (Å²) in [6.07, 6.45) is 1.62. The second-order valence-electron chi connectivity index (χ2n) is 4.65. The minimum atomic E-state index is -0.674. The summed E-state index contributed by atoms with van der Waals surface area (Å²) in [5, 5.41) is 2.20. The molecule has 2 rings (SSSR count). The van der Waals surface area contributed by atoms with E-state index in [-0.39, 0.29) is 12.5 Å². The molecule has 0 spiro atoms. The zero-order chi connectivity index (χ0) is 15.4. The number of hydrogen-bond donors (Lipinski definition) is 1. The van der Waals surface area contributed by atoms with Crippen molar-refractivity contribution in [3.63, 3.8) is 0 Å². The van der Waals surface area contributed by atoms with Gasteiger partial charge in [0, 0.05) is 5.56 Å². The number of imide groups is 1. The summed E-state index contributed by atoms with van der Waals surface area (Å²) in [6.45, 7) is 5.39. The predicted molar refractivity (Wildman–Crippen MR) is 75.8 cm³/mol. The summed E-state index contributed by atoms with van der Waals surface area (Å²) < 4.78 is 5.33. The van der Waals surface area contributed by atoms with Crippen LogP contribution < -0.4 is 10.1 Å². The van der Waals surface area contributed by atoms with Gasteiger partial charge >= 0.3 is 0 Å². The molecule has 3 amide bonds. The van der Waals surface area contributed by atoms with E-state index >= 15 is 0 Å². The van der Waals surface area contributed by atoms with E-state index in [0.29, 0.717) is 17.9 Å². The molecule has 6 nitrogen and oxygen atoms in total. The van der Waals surface area contributed by atoms with Crippen molar-refractivity contribution in [2.75, 3.05) is 13.2 Å². The van der Waals surface area contributed by atoms with Crippen LogP contribution in [0.1, 0.15) is 17.3 Å². The molecule has 1 atom stereocenters. The van der Waals surface area contributed by atoms with Crippen molar-refractivity contribution in [2.45, 2.75) is 13.0 Å². The number of ether oxygens (including phenoxy) is 1. The lowest BCUT2D eigenvalue weighted by atomic mass is 10.1. The van der Waals surface area contributed by atoms with Gasteiger partial charge in [0.25, 0.3) is 5.91 Å². The van der Waals surface area contributed by atoms with E-state index in [4.69, 9.17) is 4.74 Å². The highest BCUT2D eigenvalue weighted by atomic mass is 16.5. The van der Waals surface area contributed by atoms with Crippen molar-refractivity contribution >= 4 is 17.7 Å². The zero-order valence-electron chi connectivity index (χ0n) is 11.7. The van der Waals surface area contributed by atoms with Crippen LogP contribution in [0.15, 0.2) is 36.9 Å². The number of nitrogens with one attached hydrogen (secondary N) is 1. The fraction of sp³-hybridized carbons (Fsp3) is 0.267. The Bertz CT molecular complexity index is 580. The van der Waals surface area contributed by atoms with E-state index in [1.54, 1.807) is 37.3 Å². The molecule has 6 heteroatoms. The Morgan fingerprint density at radius 3 is 2.71 bits per heavy atom. The summed E-state index contributed by atoms with van der Waals surface area (Å²) in [6, 6.07) is 5.85. The highest BCUT2D eigenvalue weighted by Gasteiger charge is 2.33. The maximum atomic E-state index is 12.4. The highest BCUT2D eigenvalue weighted by molar-refractivity contribution is 6.07. The molecule has 1 aliphatic rings. The molecule has 0 saturated carbocycles. The van der Waals surface area contributed by atoms with Crippen molar-refractivity contribution in [3.05, 3.63) is 42.5 Å². The van der Waals surface area contributed by atoms with Crippen molar-refractivity contribution in [2.24, 2.45) is 0 Å². The molecule has 0 aliphatic carbocycles. The largest absolute Gasteiger partial charge is 0.490 e. The zero-order valence-corrected chi connectivity index (χ0v) is 11.7. The monoisotopic (exact) mass is 288 g/mol. The lowest BCUT2D eigenvalue weighted by molar-refractivity contribution is -0.138. The number of hydrogen-bond acceptors (Lipinski definition) is 4. The van der Waals surface area contributed by atoms with Gasteiger partial charge in [-0.1, -0.05) is 12.7 Å². The van der Waals surface area contributed by atoms with Gasteiger partial charge in [-0.25, -0.2) is 0 Å². The van der Waals surface area contributed by atoms with Crippen LogP contribution in [0.3, 0.4) is 0 Å². The minimum Gasteiger partial charge on any atom is -0.490 e. The Balaban J connectivity index is 2.13. The fourth-order valence-electron chi connectivity index (χ4n) is 1.98. The Labute approximate surface area is 122 Å². The lowest BCUT2D eigenvalue weighted by Gasteiger charge is -2.31. The van der Waals surface area contributed by atoms with Gasteiger partial charge < -0.3 is 9.64 Å². The van der Waals surface area contributed by atoms with E-state index in [1.807, 2.05) is 0 Å². The van der Waals surface area contributed by atoms with Crippen molar-refractivity contribution in [1.82, 2.24) is 10.2 Å². The van der Waals surface area contributed by atoms with E-state index in [1.165, 1.54) is 4.90 Å². The average Bonchev–Trinajstić information content (AvgIpc) is 2.48. The van der Waals surface area contributed by atoms with Gasteiger partial charge in [-0.15, -0.1) is 0 Å². The molecule has 0 aromatic heterocycles. The molecule has 110 valence electrons. The number of carbonyl (C=O) groups is 3. The molecule has 1 heterocycles. The van der Waals surface area contributed by atoms with Gasteiger partial charge in [0.05, 0.1) is 0 Å². The summed E-state index contributed by atoms with van der Waals surface area (Å²) in [5.41, 5.74) is 0.398. The minimum absolute atomic E-state index is 0.125. The quantitative estimate of drug-likeness (QED) is 0.655. The second-order valence-corrected chi connectivity index (χ2v) is 4.65. The number of rotatable bonds is 4. The van der Waals surface area contributed by atoms with Gasteiger partial charge in [0.15, 0.2) is 0 Å². The molecule has 1 aromatic carbocycles. The Hall–Kier alpha value is -2.63. The molecular weight excluding hydrogens is 272 g/mol. The number of carbonyl (C=O) groups excluding carboxylic acids is 3. The standard InChI is InChI=1S/C15H16N2O4/c1-3-8-21-12-6-4-11(5-7-12)15(20)17-9-13(18)16-14(19)10(17)2/h3-7,10H,1,8-9H2,2H3,(H,16,18,19). The number of amides is 3. The Morgan fingerprint density at radius 1 is 1.43 bits per heavy atom. The van der Waals surface area contributed by atoms with Crippen molar-refractivity contribution in [3.8, 4) is 5.75 Å². The Morgan fingerprint density at radius 2 is 2.10 bits per heavy atom. The van der Waals surface area contributed by atoms with Gasteiger partial charge in [0.1, 0.15) is 24.9 Å². The molecule has 1 saturated heterocycles. The van der Waals surface area contributed by atoms with Crippen molar-refractivity contribution < 1.29 is 19.1 Å². The topological polar surface area (TPSA) is 75.7 Å². The third-order valence-corrected chi connectivity index (χ3v) is 3.15. The first-order valence-corrected chi connectivity index (χ1v) is 6.51. The average molecular weight is 288 g/mol. The highest BCUT2D eigenvalue weighted by Crippen LogP contribution is 2.16. The number of benzene rings is 1. The first-order valence-electron chi connectivity index (χ1n) is 6.51. The van der Waals surface area contributed by atoms with Crippen LogP contribution in [0.2, 0.25) is 0 Å². The van der Waals surface area contributed by atoms with Gasteiger partial charge in [-0.2, -0.15) is 0 Å². The van der Waals surface area contributed by atoms with Crippen LogP contribution in [0.5, 0.6) is 5.75 Å². The van der Waals surface area contributed by atoms with Crippen LogP contribution in [-0.2, 0) is 9.59 Å². The van der Waals surface area contributed by atoms with Gasteiger partial charge in [-0.05, 0) is 31.2 Å². The first-order chi connectivity index (χ1) is 10.0. The van der Waals surface area contributed by atoms with Crippen LogP contribution in [0, 0.1) is 0 Å². The van der Waals surface area contributed by atoms with Crippen LogP contribution in [-0.4, -0.2) is 41.8 Å². The fourth-order valence-corrected chi connectivity index (χ4v) is 1.98. The number of nitrogens with zero attached hydrogens (tertiary/aromatic N) is 1. The van der Waals surface area contributed by atoms with Crippen LogP contribution >= 0.6 is 0 Å². The maximum absolute atomic E-state index is 12.4. The van der Waals surface area contributed by atoms with E-state index < -0.39 is 17.9 Å². The molecule has 1 N–H and O–H groups in total. The van der Waals surface area contributed by atoms with E-state index in [9.17, 15) is 14.4 Å². The summed E-state index contributed by atoms with van der Waals surface area (Å²) >= 11 is 0.